The van der Waals surface area contributed by atoms with E-state index in [1.165, 1.54) is 4.90 Å². The SMILES string of the molecule is CC(C)Sc1ccc(CNC(=O)CCO)cc1. The Hall–Kier alpha value is -1.00. The van der Waals surface area contributed by atoms with Gasteiger partial charge in [0.1, 0.15) is 0 Å². The Morgan fingerprint density at radius 3 is 2.53 bits per heavy atom. The van der Waals surface area contributed by atoms with Gasteiger partial charge in [0.25, 0.3) is 0 Å². The number of amides is 1. The first kappa shape index (κ1) is 14.1. The Kier molecular flexibility index (Phi) is 6.08. The molecule has 0 spiro atoms. The fourth-order valence-electron chi connectivity index (χ4n) is 1.35. The molecule has 2 N–H and O–H groups in total. The van der Waals surface area contributed by atoms with E-state index in [1.807, 2.05) is 23.9 Å². The van der Waals surface area contributed by atoms with Gasteiger partial charge in [0, 0.05) is 23.1 Å². The molecule has 1 rings (SSSR count). The average Bonchev–Trinajstić information content (AvgIpc) is 2.28. The molecule has 17 heavy (non-hydrogen) atoms. The number of carbonyl (C=O) groups is 1. The van der Waals surface area contributed by atoms with Crippen LogP contribution in [0.25, 0.3) is 0 Å². The highest BCUT2D eigenvalue weighted by Gasteiger charge is 2.01. The van der Waals surface area contributed by atoms with Gasteiger partial charge in [-0.2, -0.15) is 0 Å². The van der Waals surface area contributed by atoms with Crippen molar-refractivity contribution in [3.05, 3.63) is 29.8 Å². The Morgan fingerprint density at radius 2 is 2.00 bits per heavy atom. The molecule has 0 heterocycles. The first-order valence-corrected chi connectivity index (χ1v) is 6.63. The van der Waals surface area contributed by atoms with Gasteiger partial charge in [-0.1, -0.05) is 26.0 Å². The number of aliphatic hydroxyl groups excluding tert-OH is 1. The third-order valence-corrected chi connectivity index (χ3v) is 3.14. The van der Waals surface area contributed by atoms with Gasteiger partial charge < -0.3 is 10.4 Å². The molecule has 0 aliphatic heterocycles. The molecule has 0 saturated heterocycles. The molecule has 1 aromatic carbocycles. The third-order valence-electron chi connectivity index (χ3n) is 2.12. The van der Waals surface area contributed by atoms with Gasteiger partial charge in [0.2, 0.25) is 5.91 Å². The predicted octanol–water partition coefficient (Wildman–Crippen LogP) is 2.19. The van der Waals surface area contributed by atoms with E-state index in [9.17, 15) is 4.79 Å². The Morgan fingerprint density at radius 1 is 1.35 bits per heavy atom. The first-order chi connectivity index (χ1) is 8.11. The topological polar surface area (TPSA) is 49.3 Å². The van der Waals surface area contributed by atoms with E-state index in [-0.39, 0.29) is 18.9 Å². The summed E-state index contributed by atoms with van der Waals surface area (Å²) in [6.07, 6.45) is 0.168. The highest BCUT2D eigenvalue weighted by molar-refractivity contribution is 7.99. The quantitative estimate of drug-likeness (QED) is 0.764. The summed E-state index contributed by atoms with van der Waals surface area (Å²) in [5, 5.41) is 11.9. The third kappa shape index (κ3) is 5.75. The number of thioether (sulfide) groups is 1. The van der Waals surface area contributed by atoms with Crippen LogP contribution < -0.4 is 5.32 Å². The van der Waals surface area contributed by atoms with Crippen LogP contribution in [0.4, 0.5) is 0 Å². The summed E-state index contributed by atoms with van der Waals surface area (Å²) >= 11 is 1.82. The van der Waals surface area contributed by atoms with Gasteiger partial charge in [0.05, 0.1) is 6.61 Å². The van der Waals surface area contributed by atoms with Crippen LogP contribution in [0.1, 0.15) is 25.8 Å². The van der Waals surface area contributed by atoms with E-state index >= 15 is 0 Å². The maximum atomic E-state index is 11.2. The predicted molar refractivity (Wildman–Crippen MR) is 71.0 cm³/mol. The Balaban J connectivity index is 2.42. The zero-order valence-corrected chi connectivity index (χ0v) is 11.1. The van der Waals surface area contributed by atoms with Crippen molar-refractivity contribution in [1.29, 1.82) is 0 Å². The van der Waals surface area contributed by atoms with E-state index < -0.39 is 0 Å². The number of benzene rings is 1. The zero-order valence-electron chi connectivity index (χ0n) is 10.3. The second-order valence-electron chi connectivity index (χ2n) is 4.06. The Bertz CT molecular complexity index is 349. The fourth-order valence-corrected chi connectivity index (χ4v) is 2.19. The van der Waals surface area contributed by atoms with E-state index in [1.54, 1.807) is 0 Å². The van der Waals surface area contributed by atoms with Crippen molar-refractivity contribution in [2.75, 3.05) is 6.61 Å². The maximum Gasteiger partial charge on any atom is 0.222 e. The lowest BCUT2D eigenvalue weighted by atomic mass is 10.2. The van der Waals surface area contributed by atoms with E-state index in [0.29, 0.717) is 11.8 Å². The lowest BCUT2D eigenvalue weighted by Gasteiger charge is -2.07. The molecule has 4 heteroatoms. The molecule has 94 valence electrons. The van der Waals surface area contributed by atoms with Crippen molar-refractivity contribution in [2.24, 2.45) is 0 Å². The molecule has 3 nitrogen and oxygen atoms in total. The van der Waals surface area contributed by atoms with E-state index in [0.717, 1.165) is 5.56 Å². The van der Waals surface area contributed by atoms with Crippen LogP contribution >= 0.6 is 11.8 Å². The molecule has 1 amide bonds. The summed E-state index contributed by atoms with van der Waals surface area (Å²) in [6.45, 7) is 4.74. The van der Waals surface area contributed by atoms with Crippen molar-refractivity contribution in [3.63, 3.8) is 0 Å². The molecule has 0 aliphatic carbocycles. The summed E-state index contributed by atoms with van der Waals surface area (Å²) < 4.78 is 0. The minimum atomic E-state index is -0.117. The van der Waals surface area contributed by atoms with Crippen LogP contribution in [0.5, 0.6) is 0 Å². The highest BCUT2D eigenvalue weighted by Crippen LogP contribution is 2.22. The van der Waals surface area contributed by atoms with Crippen LogP contribution in [0, 0.1) is 0 Å². The Labute approximate surface area is 107 Å². The maximum absolute atomic E-state index is 11.2. The molecular weight excluding hydrogens is 234 g/mol. The van der Waals surface area contributed by atoms with E-state index in [2.05, 4.69) is 31.3 Å². The van der Waals surface area contributed by atoms with E-state index in [4.69, 9.17) is 5.11 Å². The summed E-state index contributed by atoms with van der Waals surface area (Å²) in [4.78, 5) is 12.4. The summed E-state index contributed by atoms with van der Waals surface area (Å²) in [6, 6.07) is 8.17. The highest BCUT2D eigenvalue weighted by atomic mass is 32.2. The summed E-state index contributed by atoms with van der Waals surface area (Å²) in [5.41, 5.74) is 1.07. The van der Waals surface area contributed by atoms with Crippen LogP contribution in [-0.2, 0) is 11.3 Å². The first-order valence-electron chi connectivity index (χ1n) is 5.75. The van der Waals surface area contributed by atoms with Crippen LogP contribution in [0.2, 0.25) is 0 Å². The number of hydrogen-bond acceptors (Lipinski definition) is 3. The molecule has 0 fully saturated rings. The lowest BCUT2D eigenvalue weighted by Crippen LogP contribution is -2.23. The molecular formula is C13H19NO2S. The minimum absolute atomic E-state index is 0.101. The molecule has 0 atom stereocenters. The second kappa shape index (κ2) is 7.35. The number of hydrogen-bond donors (Lipinski definition) is 2. The summed E-state index contributed by atoms with van der Waals surface area (Å²) in [7, 11) is 0. The van der Waals surface area contributed by atoms with Crippen LogP contribution in [0.15, 0.2) is 29.2 Å². The molecule has 0 aromatic heterocycles. The van der Waals surface area contributed by atoms with Gasteiger partial charge in [-0.15, -0.1) is 11.8 Å². The largest absolute Gasteiger partial charge is 0.396 e. The van der Waals surface area contributed by atoms with Gasteiger partial charge in [-0.25, -0.2) is 0 Å². The number of carbonyl (C=O) groups excluding carboxylic acids is 1. The molecule has 0 aliphatic rings. The zero-order chi connectivity index (χ0) is 12.7. The standard InChI is InChI=1S/C13H19NO2S/c1-10(2)17-12-5-3-11(4-6-12)9-14-13(16)7-8-15/h3-6,10,15H,7-9H2,1-2H3,(H,14,16). The fraction of sp³-hybridized carbons (Fsp3) is 0.462. The van der Waals surface area contributed by atoms with Gasteiger partial charge >= 0.3 is 0 Å². The van der Waals surface area contributed by atoms with Crippen molar-refractivity contribution in [3.8, 4) is 0 Å². The number of aliphatic hydroxyl groups is 1. The average molecular weight is 253 g/mol. The molecule has 0 saturated carbocycles. The van der Waals surface area contributed by atoms with Crippen LogP contribution in [0.3, 0.4) is 0 Å². The number of rotatable bonds is 6. The molecule has 0 bridgehead atoms. The van der Waals surface area contributed by atoms with Crippen molar-refractivity contribution < 1.29 is 9.90 Å². The molecule has 1 aromatic rings. The molecule has 0 radical (unpaired) electrons. The lowest BCUT2D eigenvalue weighted by molar-refractivity contribution is -0.121. The van der Waals surface area contributed by atoms with Gasteiger partial charge in [-0.05, 0) is 17.7 Å². The molecule has 0 unspecified atom stereocenters. The second-order valence-corrected chi connectivity index (χ2v) is 5.71. The normalized spacial score (nSPS) is 10.6. The minimum Gasteiger partial charge on any atom is -0.396 e. The van der Waals surface area contributed by atoms with Gasteiger partial charge in [0.15, 0.2) is 0 Å². The van der Waals surface area contributed by atoms with Gasteiger partial charge in [-0.3, -0.25) is 4.79 Å². The smallest absolute Gasteiger partial charge is 0.222 e. The number of nitrogens with one attached hydrogen (secondary N) is 1. The monoisotopic (exact) mass is 253 g/mol. The van der Waals surface area contributed by atoms with Crippen molar-refractivity contribution in [2.45, 2.75) is 37.0 Å². The van der Waals surface area contributed by atoms with Crippen molar-refractivity contribution >= 4 is 17.7 Å². The van der Waals surface area contributed by atoms with Crippen LogP contribution in [-0.4, -0.2) is 22.9 Å². The summed E-state index contributed by atoms with van der Waals surface area (Å²) in [5.74, 6) is -0.117. The van der Waals surface area contributed by atoms with Crippen molar-refractivity contribution in [1.82, 2.24) is 5.32 Å².